The highest BCUT2D eigenvalue weighted by Gasteiger charge is 2.58. The molecule has 1 fully saturated rings. The summed E-state index contributed by atoms with van der Waals surface area (Å²) in [5.74, 6) is -7.39. The number of rotatable bonds is 7. The number of halogens is 2. The third-order valence-corrected chi connectivity index (χ3v) is 4.21. The van der Waals surface area contributed by atoms with Gasteiger partial charge in [-0.1, -0.05) is 6.42 Å². The maximum atomic E-state index is 14.2. The van der Waals surface area contributed by atoms with E-state index in [1.807, 2.05) is 0 Å². The summed E-state index contributed by atoms with van der Waals surface area (Å²) in [4.78, 5) is 23.2. The summed E-state index contributed by atoms with van der Waals surface area (Å²) in [6.07, 6.45) is 0.914. The van der Waals surface area contributed by atoms with Crippen LogP contribution in [-0.4, -0.2) is 37.4 Å². The molecule has 1 aliphatic carbocycles. The van der Waals surface area contributed by atoms with E-state index in [1.165, 1.54) is 31.4 Å². The van der Waals surface area contributed by atoms with Crippen LogP contribution in [0.2, 0.25) is 0 Å². The van der Waals surface area contributed by atoms with E-state index >= 15 is 0 Å². The number of benzene rings is 1. The Labute approximate surface area is 143 Å². The summed E-state index contributed by atoms with van der Waals surface area (Å²) in [5.41, 5.74) is -2.37. The van der Waals surface area contributed by atoms with Gasteiger partial charge in [0.15, 0.2) is 12.4 Å². The van der Waals surface area contributed by atoms with Gasteiger partial charge in [-0.25, -0.2) is 4.79 Å². The molecule has 2 rings (SSSR count). The van der Waals surface area contributed by atoms with Gasteiger partial charge in [0.2, 0.25) is 0 Å². The van der Waals surface area contributed by atoms with Gasteiger partial charge < -0.3 is 24.1 Å². The van der Waals surface area contributed by atoms with Crippen molar-refractivity contribution in [2.24, 2.45) is 0 Å². The fourth-order valence-electron chi connectivity index (χ4n) is 2.84. The van der Waals surface area contributed by atoms with E-state index in [4.69, 9.17) is 14.2 Å². The number of alkyl halides is 2. The van der Waals surface area contributed by atoms with Crippen molar-refractivity contribution in [3.8, 4) is 5.75 Å². The summed E-state index contributed by atoms with van der Waals surface area (Å²) in [6.45, 7) is 0.0186. The highest BCUT2D eigenvalue weighted by molar-refractivity contribution is 5.90. The number of hydrogen-bond donors (Lipinski definition) is 0. The molecule has 0 aliphatic heterocycles. The molecular weight excluding hydrogens is 338 g/mol. The minimum Gasteiger partial charge on any atom is -0.544 e. The zero-order valence-electron chi connectivity index (χ0n) is 13.8. The molecule has 0 spiro atoms. The molecule has 1 aromatic rings. The van der Waals surface area contributed by atoms with Gasteiger partial charge in [-0.15, -0.1) is 0 Å². The normalized spacial score (nSPS) is 16.9. The molecule has 1 aliphatic rings. The lowest BCUT2D eigenvalue weighted by atomic mass is 9.79. The molecule has 1 saturated carbocycles. The Morgan fingerprint density at radius 1 is 1.16 bits per heavy atom. The minimum absolute atomic E-state index is 0.0175. The summed E-state index contributed by atoms with van der Waals surface area (Å²) in [5, 5.41) is 10.9. The Kier molecular flexibility index (Phi) is 5.94. The number of aliphatic carboxylic acids is 1. The fourth-order valence-corrected chi connectivity index (χ4v) is 2.84. The Morgan fingerprint density at radius 3 is 2.28 bits per heavy atom. The Hall–Kier alpha value is -2.22. The van der Waals surface area contributed by atoms with Crippen LogP contribution in [0.1, 0.15) is 42.5 Å². The van der Waals surface area contributed by atoms with Crippen molar-refractivity contribution in [1.29, 1.82) is 0 Å². The monoisotopic (exact) mass is 357 g/mol. The van der Waals surface area contributed by atoms with E-state index in [2.05, 4.69) is 0 Å². The van der Waals surface area contributed by atoms with Gasteiger partial charge in [0.05, 0.1) is 5.56 Å². The maximum Gasteiger partial charge on any atom is 0.338 e. The number of ether oxygens (including phenoxy) is 3. The van der Waals surface area contributed by atoms with E-state index in [0.717, 1.165) is 0 Å². The molecule has 0 amide bonds. The third kappa shape index (κ3) is 4.07. The van der Waals surface area contributed by atoms with Gasteiger partial charge in [-0.3, -0.25) is 0 Å². The highest BCUT2D eigenvalue weighted by Crippen LogP contribution is 2.44. The van der Waals surface area contributed by atoms with Crippen LogP contribution < -0.4 is 9.84 Å². The average Bonchev–Trinajstić information content (AvgIpc) is 2.60. The van der Waals surface area contributed by atoms with Crippen molar-refractivity contribution in [1.82, 2.24) is 0 Å². The first kappa shape index (κ1) is 19.1. The van der Waals surface area contributed by atoms with Crippen LogP contribution in [-0.2, 0) is 14.3 Å². The second-order valence-corrected chi connectivity index (χ2v) is 5.88. The molecule has 0 saturated heterocycles. The molecule has 138 valence electrons. The maximum absolute atomic E-state index is 14.2. The predicted octanol–water partition coefficient (Wildman–Crippen LogP) is 1.91. The lowest BCUT2D eigenvalue weighted by molar-refractivity contribution is -0.345. The Bertz CT molecular complexity index is 608. The standard InChI is InChI=1S/C17H20F2O6/c1-23-11-24-13-7-5-12(6-8-13)14(20)25-16(9-3-2-4-10-16)17(18,19)15(21)22/h5-8H,2-4,9-11H2,1H3,(H,21,22)/p-1. The first-order chi connectivity index (χ1) is 11.8. The number of esters is 1. The molecule has 1 aromatic carbocycles. The quantitative estimate of drug-likeness (QED) is 0.547. The van der Waals surface area contributed by atoms with Crippen molar-refractivity contribution in [3.63, 3.8) is 0 Å². The lowest BCUT2D eigenvalue weighted by Gasteiger charge is -2.42. The molecular formula is C17H19F2O6-. The smallest absolute Gasteiger partial charge is 0.338 e. The van der Waals surface area contributed by atoms with Crippen molar-refractivity contribution in [2.45, 2.75) is 43.6 Å². The van der Waals surface area contributed by atoms with Gasteiger partial charge in [0, 0.05) is 7.11 Å². The van der Waals surface area contributed by atoms with Crippen molar-refractivity contribution in [2.75, 3.05) is 13.9 Å². The lowest BCUT2D eigenvalue weighted by Crippen LogP contribution is -2.61. The molecule has 8 heteroatoms. The fraction of sp³-hybridized carbons (Fsp3) is 0.529. The zero-order chi connectivity index (χ0) is 18.5. The Balaban J connectivity index is 2.18. The predicted molar refractivity (Wildman–Crippen MR) is 80.1 cm³/mol. The van der Waals surface area contributed by atoms with Crippen LogP contribution in [0.25, 0.3) is 0 Å². The molecule has 0 unspecified atom stereocenters. The van der Waals surface area contributed by atoms with Crippen LogP contribution in [0.15, 0.2) is 24.3 Å². The summed E-state index contributed by atoms with van der Waals surface area (Å²) in [6, 6.07) is 5.61. The second kappa shape index (κ2) is 7.77. The van der Waals surface area contributed by atoms with Gasteiger partial charge in [0.1, 0.15) is 11.7 Å². The summed E-state index contributed by atoms with van der Waals surface area (Å²) < 4.78 is 43.3. The highest BCUT2D eigenvalue weighted by atomic mass is 19.3. The molecule has 0 heterocycles. The van der Waals surface area contributed by atoms with Crippen LogP contribution in [0.4, 0.5) is 8.78 Å². The van der Waals surface area contributed by atoms with Gasteiger partial charge in [-0.2, -0.15) is 8.78 Å². The Morgan fingerprint density at radius 2 is 1.76 bits per heavy atom. The van der Waals surface area contributed by atoms with Crippen LogP contribution >= 0.6 is 0 Å². The van der Waals surface area contributed by atoms with Crippen LogP contribution in [0, 0.1) is 0 Å². The number of carbonyl (C=O) groups excluding carboxylic acids is 2. The van der Waals surface area contributed by atoms with Crippen LogP contribution in [0.3, 0.4) is 0 Å². The molecule has 6 nitrogen and oxygen atoms in total. The summed E-state index contributed by atoms with van der Waals surface area (Å²) in [7, 11) is 1.45. The third-order valence-electron chi connectivity index (χ3n) is 4.21. The molecule has 0 atom stereocenters. The average molecular weight is 357 g/mol. The van der Waals surface area contributed by atoms with Crippen LogP contribution in [0.5, 0.6) is 5.75 Å². The molecule has 0 radical (unpaired) electrons. The largest absolute Gasteiger partial charge is 0.544 e. The number of carboxylic acids is 1. The number of hydrogen-bond acceptors (Lipinski definition) is 6. The molecule has 0 N–H and O–H groups in total. The second-order valence-electron chi connectivity index (χ2n) is 5.88. The van der Waals surface area contributed by atoms with Gasteiger partial charge >= 0.3 is 11.9 Å². The topological polar surface area (TPSA) is 84.9 Å². The van der Waals surface area contributed by atoms with Crippen molar-refractivity contribution < 1.29 is 37.7 Å². The minimum atomic E-state index is -4.26. The zero-order valence-corrected chi connectivity index (χ0v) is 13.8. The first-order valence-electron chi connectivity index (χ1n) is 7.87. The molecule has 0 bridgehead atoms. The summed E-state index contributed by atoms with van der Waals surface area (Å²) >= 11 is 0. The van der Waals surface area contributed by atoms with Crippen molar-refractivity contribution in [3.05, 3.63) is 29.8 Å². The van der Waals surface area contributed by atoms with Gasteiger partial charge in [-0.05, 0) is 49.9 Å². The number of carboxylic acid groups (broad SMARTS) is 1. The van der Waals surface area contributed by atoms with E-state index in [-0.39, 0.29) is 25.2 Å². The van der Waals surface area contributed by atoms with E-state index < -0.39 is 23.5 Å². The van der Waals surface area contributed by atoms with E-state index in [1.54, 1.807) is 0 Å². The SMILES string of the molecule is COCOc1ccc(C(=O)OC2(C(F)(F)C(=O)[O-])CCCCC2)cc1. The first-order valence-corrected chi connectivity index (χ1v) is 7.87. The number of carbonyl (C=O) groups is 2. The van der Waals surface area contributed by atoms with Gasteiger partial charge in [0.25, 0.3) is 0 Å². The number of methoxy groups -OCH3 is 1. The van der Waals surface area contributed by atoms with E-state index in [0.29, 0.717) is 25.0 Å². The van der Waals surface area contributed by atoms with E-state index in [9.17, 15) is 23.5 Å². The molecule has 25 heavy (non-hydrogen) atoms. The van der Waals surface area contributed by atoms with Crippen molar-refractivity contribution >= 4 is 11.9 Å². The molecule has 0 aromatic heterocycles.